The Labute approximate surface area is 156 Å². The number of guanidine groups is 1. The maximum atomic E-state index is 5.33. The van der Waals surface area contributed by atoms with Gasteiger partial charge in [0.15, 0.2) is 17.5 Å². The number of halogens is 1. The van der Waals surface area contributed by atoms with Crippen LogP contribution in [-0.4, -0.2) is 39.3 Å². The van der Waals surface area contributed by atoms with Crippen molar-refractivity contribution >= 4 is 29.9 Å². The molecule has 1 aromatic rings. The molecule has 2 unspecified atom stereocenters. The minimum Gasteiger partial charge on any atom is -0.493 e. The fraction of sp³-hybridized carbons (Fsp3) is 0.588. The number of rotatable bonds is 7. The molecule has 0 aliphatic heterocycles. The molecule has 1 aliphatic carbocycles. The van der Waals surface area contributed by atoms with Crippen LogP contribution in [0.25, 0.3) is 0 Å². The highest BCUT2D eigenvalue weighted by molar-refractivity contribution is 14.0. The van der Waals surface area contributed by atoms with E-state index < -0.39 is 0 Å². The number of aliphatic imine (C=N–C) groups is 1. The highest BCUT2D eigenvalue weighted by Gasteiger charge is 2.33. The van der Waals surface area contributed by atoms with Crippen LogP contribution in [0, 0.1) is 5.92 Å². The van der Waals surface area contributed by atoms with Gasteiger partial charge in [-0.05, 0) is 43.4 Å². The van der Waals surface area contributed by atoms with Crippen molar-refractivity contribution in [2.24, 2.45) is 10.9 Å². The maximum Gasteiger partial charge on any atom is 0.191 e. The zero-order chi connectivity index (χ0) is 15.9. The van der Waals surface area contributed by atoms with Crippen LogP contribution in [0.15, 0.2) is 23.2 Å². The Morgan fingerprint density at radius 1 is 1.26 bits per heavy atom. The van der Waals surface area contributed by atoms with Crippen LogP contribution in [-0.2, 0) is 6.42 Å². The van der Waals surface area contributed by atoms with E-state index in [9.17, 15) is 0 Å². The van der Waals surface area contributed by atoms with Crippen LogP contribution in [0.4, 0.5) is 0 Å². The standard InChI is InChI=1S/C17H27N3O2.HI/c1-5-18-17(20-14-10-12(14)2)19-9-8-13-6-7-15(21-3)16(11-13)22-4;/h6-7,11-12,14H,5,8-10H2,1-4H3,(H2,18,19,20);1H. The summed E-state index contributed by atoms with van der Waals surface area (Å²) in [5.74, 6) is 3.19. The van der Waals surface area contributed by atoms with Crippen LogP contribution in [0.1, 0.15) is 25.8 Å². The molecular formula is C17H28IN3O2. The first-order valence-corrected chi connectivity index (χ1v) is 7.93. The second kappa shape index (κ2) is 9.85. The third-order valence-electron chi connectivity index (χ3n) is 3.89. The number of benzene rings is 1. The summed E-state index contributed by atoms with van der Waals surface area (Å²) in [6.45, 7) is 5.96. The molecule has 0 bridgehead atoms. The highest BCUT2D eigenvalue weighted by Crippen LogP contribution is 2.29. The quantitative estimate of drug-likeness (QED) is 0.395. The minimum atomic E-state index is 0. The summed E-state index contributed by atoms with van der Waals surface area (Å²) in [6.07, 6.45) is 2.11. The third kappa shape index (κ3) is 6.08. The summed E-state index contributed by atoms with van der Waals surface area (Å²) in [7, 11) is 3.30. The molecule has 23 heavy (non-hydrogen) atoms. The average Bonchev–Trinajstić information content (AvgIpc) is 3.22. The SMILES string of the molecule is CCNC(=NCCc1ccc(OC)c(OC)c1)NC1CC1C.I. The molecule has 2 atom stereocenters. The topological polar surface area (TPSA) is 54.9 Å². The van der Waals surface area contributed by atoms with Gasteiger partial charge in [0, 0.05) is 19.1 Å². The summed E-state index contributed by atoms with van der Waals surface area (Å²) in [4.78, 5) is 4.64. The van der Waals surface area contributed by atoms with Crippen LogP contribution in [0.3, 0.4) is 0 Å². The van der Waals surface area contributed by atoms with Crippen molar-refractivity contribution in [1.82, 2.24) is 10.6 Å². The third-order valence-corrected chi connectivity index (χ3v) is 3.89. The molecule has 130 valence electrons. The fourth-order valence-corrected chi connectivity index (χ4v) is 2.35. The maximum absolute atomic E-state index is 5.33. The zero-order valence-electron chi connectivity index (χ0n) is 14.4. The van der Waals surface area contributed by atoms with Crippen molar-refractivity contribution in [3.8, 4) is 11.5 Å². The van der Waals surface area contributed by atoms with Gasteiger partial charge in [0.1, 0.15) is 0 Å². The van der Waals surface area contributed by atoms with Crippen LogP contribution < -0.4 is 20.1 Å². The van der Waals surface area contributed by atoms with E-state index in [2.05, 4.69) is 35.5 Å². The van der Waals surface area contributed by atoms with Crippen molar-refractivity contribution in [2.45, 2.75) is 32.7 Å². The normalized spacial score (nSPS) is 19.6. The Morgan fingerprint density at radius 2 is 1.96 bits per heavy atom. The number of methoxy groups -OCH3 is 2. The van der Waals surface area contributed by atoms with Crippen LogP contribution >= 0.6 is 24.0 Å². The molecule has 5 nitrogen and oxygen atoms in total. The Hall–Kier alpha value is -1.18. The van der Waals surface area contributed by atoms with Crippen molar-refractivity contribution in [1.29, 1.82) is 0 Å². The Morgan fingerprint density at radius 3 is 2.52 bits per heavy atom. The molecule has 2 rings (SSSR count). The molecule has 1 saturated carbocycles. The molecule has 6 heteroatoms. The first-order valence-electron chi connectivity index (χ1n) is 7.93. The van der Waals surface area contributed by atoms with Crippen LogP contribution in [0.2, 0.25) is 0 Å². The first-order chi connectivity index (χ1) is 10.7. The Bertz CT molecular complexity index is 523. The van der Waals surface area contributed by atoms with E-state index in [4.69, 9.17) is 9.47 Å². The summed E-state index contributed by atoms with van der Waals surface area (Å²) in [5, 5.41) is 6.76. The van der Waals surface area contributed by atoms with Gasteiger partial charge < -0.3 is 20.1 Å². The van der Waals surface area contributed by atoms with Gasteiger partial charge in [-0.2, -0.15) is 0 Å². The number of hydrogen-bond donors (Lipinski definition) is 2. The Balaban J connectivity index is 0.00000264. The van der Waals surface area contributed by atoms with Crippen molar-refractivity contribution in [2.75, 3.05) is 27.3 Å². The summed E-state index contributed by atoms with van der Waals surface area (Å²) in [5.41, 5.74) is 1.19. The number of hydrogen-bond acceptors (Lipinski definition) is 3. The molecular weight excluding hydrogens is 405 g/mol. The van der Waals surface area contributed by atoms with E-state index in [-0.39, 0.29) is 24.0 Å². The zero-order valence-corrected chi connectivity index (χ0v) is 16.7. The molecule has 2 N–H and O–H groups in total. The molecule has 0 aromatic heterocycles. The summed E-state index contributed by atoms with van der Waals surface area (Å²) < 4.78 is 10.6. The van der Waals surface area contributed by atoms with E-state index in [1.807, 2.05) is 12.1 Å². The highest BCUT2D eigenvalue weighted by atomic mass is 127. The van der Waals surface area contributed by atoms with Crippen molar-refractivity contribution < 1.29 is 9.47 Å². The predicted octanol–water partition coefficient (Wildman–Crippen LogP) is 2.83. The summed E-state index contributed by atoms with van der Waals surface area (Å²) >= 11 is 0. The first kappa shape index (κ1) is 19.9. The lowest BCUT2D eigenvalue weighted by Crippen LogP contribution is -2.39. The van der Waals surface area contributed by atoms with E-state index in [1.54, 1.807) is 14.2 Å². The smallest absolute Gasteiger partial charge is 0.191 e. The largest absolute Gasteiger partial charge is 0.493 e. The molecule has 1 fully saturated rings. The Kier molecular flexibility index (Phi) is 8.51. The minimum absolute atomic E-state index is 0. The molecule has 1 aliphatic rings. The van der Waals surface area contributed by atoms with E-state index >= 15 is 0 Å². The lowest BCUT2D eigenvalue weighted by atomic mass is 10.1. The van der Waals surface area contributed by atoms with Gasteiger partial charge in [-0.1, -0.05) is 13.0 Å². The number of nitrogens with one attached hydrogen (secondary N) is 2. The predicted molar refractivity (Wildman–Crippen MR) is 105 cm³/mol. The van der Waals surface area contributed by atoms with E-state index in [0.717, 1.165) is 42.9 Å². The fourth-order valence-electron chi connectivity index (χ4n) is 2.35. The van der Waals surface area contributed by atoms with E-state index in [0.29, 0.717) is 6.04 Å². The second-order valence-electron chi connectivity index (χ2n) is 5.66. The molecule has 1 aromatic carbocycles. The van der Waals surface area contributed by atoms with E-state index in [1.165, 1.54) is 12.0 Å². The molecule has 0 heterocycles. The monoisotopic (exact) mass is 433 g/mol. The lowest BCUT2D eigenvalue weighted by molar-refractivity contribution is 0.354. The van der Waals surface area contributed by atoms with Gasteiger partial charge in [0.05, 0.1) is 14.2 Å². The van der Waals surface area contributed by atoms with Gasteiger partial charge >= 0.3 is 0 Å². The average molecular weight is 433 g/mol. The van der Waals surface area contributed by atoms with Crippen LogP contribution in [0.5, 0.6) is 11.5 Å². The lowest BCUT2D eigenvalue weighted by Gasteiger charge is -2.11. The van der Waals surface area contributed by atoms with Gasteiger partial charge in [-0.3, -0.25) is 4.99 Å². The van der Waals surface area contributed by atoms with Gasteiger partial charge in [-0.15, -0.1) is 24.0 Å². The van der Waals surface area contributed by atoms with Gasteiger partial charge in [-0.25, -0.2) is 0 Å². The molecule has 0 amide bonds. The second-order valence-corrected chi connectivity index (χ2v) is 5.66. The number of nitrogens with zero attached hydrogens (tertiary/aromatic N) is 1. The number of ether oxygens (including phenoxy) is 2. The van der Waals surface area contributed by atoms with Crippen molar-refractivity contribution in [3.05, 3.63) is 23.8 Å². The molecule has 0 saturated heterocycles. The van der Waals surface area contributed by atoms with Crippen molar-refractivity contribution in [3.63, 3.8) is 0 Å². The van der Waals surface area contributed by atoms with Gasteiger partial charge in [0.25, 0.3) is 0 Å². The molecule has 0 spiro atoms. The van der Waals surface area contributed by atoms with Gasteiger partial charge in [0.2, 0.25) is 0 Å². The molecule has 0 radical (unpaired) electrons. The summed E-state index contributed by atoms with van der Waals surface area (Å²) in [6, 6.07) is 6.59.